The van der Waals surface area contributed by atoms with Gasteiger partial charge in [-0.2, -0.15) is 0 Å². The SMILES string of the molecule is CC(C)c1ccc([C@](O)(c2cncc(C#CC(C)(C)S(=O)(=O)C3CC3)c2)C2(C)CN(C)C2)cc1. The topological polar surface area (TPSA) is 70.5 Å². The van der Waals surface area contributed by atoms with E-state index in [-0.39, 0.29) is 5.25 Å². The van der Waals surface area contributed by atoms with Crippen LogP contribution in [0.5, 0.6) is 0 Å². The van der Waals surface area contributed by atoms with Crippen molar-refractivity contribution in [3.63, 3.8) is 0 Å². The minimum atomic E-state index is -3.30. The number of sulfone groups is 1. The lowest BCUT2D eigenvalue weighted by atomic mass is 9.62. The second-order valence-corrected chi connectivity index (χ2v) is 14.0. The third-order valence-corrected chi connectivity index (χ3v) is 10.3. The standard InChI is InChI=1S/C28H36N2O3S/c1-20(2)22-7-9-23(10-8-22)28(31,27(5)18-30(6)19-27)24-15-21(16-29-17-24)13-14-26(3,4)34(32,33)25-11-12-25/h7-10,15-17,20,25,31H,11-12,18-19H2,1-6H3/t28-/m0/s1. The highest BCUT2D eigenvalue weighted by Gasteiger charge is 2.55. The van der Waals surface area contributed by atoms with Crippen LogP contribution in [0.2, 0.25) is 0 Å². The minimum absolute atomic E-state index is 0.268. The fourth-order valence-electron chi connectivity index (χ4n) is 5.14. The smallest absolute Gasteiger partial charge is 0.169 e. The first kappa shape index (κ1) is 24.9. The van der Waals surface area contributed by atoms with E-state index in [1.54, 1.807) is 26.2 Å². The molecule has 0 bridgehead atoms. The molecule has 0 amide bonds. The molecule has 2 aliphatic rings. The number of hydrogen-bond donors (Lipinski definition) is 1. The summed E-state index contributed by atoms with van der Waals surface area (Å²) in [5.41, 5.74) is 1.67. The summed E-state index contributed by atoms with van der Waals surface area (Å²) in [5.74, 6) is 6.43. The molecule has 1 saturated carbocycles. The molecule has 1 saturated heterocycles. The van der Waals surface area contributed by atoms with Gasteiger partial charge in [-0.3, -0.25) is 4.98 Å². The summed E-state index contributed by atoms with van der Waals surface area (Å²) in [7, 11) is -1.25. The van der Waals surface area contributed by atoms with E-state index >= 15 is 0 Å². The van der Waals surface area contributed by atoms with Crippen LogP contribution in [0.15, 0.2) is 42.7 Å². The Morgan fingerprint density at radius 1 is 1.12 bits per heavy atom. The highest BCUT2D eigenvalue weighted by atomic mass is 32.2. The monoisotopic (exact) mass is 480 g/mol. The maximum absolute atomic E-state index is 12.8. The van der Waals surface area contributed by atoms with Gasteiger partial charge in [0.2, 0.25) is 0 Å². The zero-order valence-electron chi connectivity index (χ0n) is 21.1. The van der Waals surface area contributed by atoms with Gasteiger partial charge in [-0.1, -0.05) is 56.9 Å². The molecule has 1 atom stereocenters. The van der Waals surface area contributed by atoms with Crippen LogP contribution in [0, 0.1) is 17.3 Å². The summed E-state index contributed by atoms with van der Waals surface area (Å²) in [5, 5.41) is 12.1. The Morgan fingerprint density at radius 3 is 2.26 bits per heavy atom. The molecule has 1 aromatic carbocycles. The maximum Gasteiger partial charge on any atom is 0.169 e. The fraction of sp³-hybridized carbons (Fsp3) is 0.536. The third kappa shape index (κ3) is 4.19. The van der Waals surface area contributed by atoms with E-state index in [0.29, 0.717) is 17.0 Å². The van der Waals surface area contributed by atoms with Crippen molar-refractivity contribution in [3.05, 3.63) is 65.0 Å². The lowest BCUT2D eigenvalue weighted by Gasteiger charge is -2.55. The highest BCUT2D eigenvalue weighted by molar-refractivity contribution is 7.93. The quantitative estimate of drug-likeness (QED) is 0.631. The van der Waals surface area contributed by atoms with Crippen LogP contribution in [0.3, 0.4) is 0 Å². The van der Waals surface area contributed by atoms with Crippen molar-refractivity contribution >= 4 is 9.84 Å². The average Bonchev–Trinajstić information content (AvgIpc) is 3.62. The normalized spacial score (nSPS) is 20.2. The van der Waals surface area contributed by atoms with E-state index in [0.717, 1.165) is 31.5 Å². The first-order valence-corrected chi connectivity index (χ1v) is 13.6. The van der Waals surface area contributed by atoms with Gasteiger partial charge in [0.15, 0.2) is 9.84 Å². The Labute approximate surface area is 204 Å². The number of hydrogen-bond acceptors (Lipinski definition) is 5. The van der Waals surface area contributed by atoms with Gasteiger partial charge < -0.3 is 10.0 Å². The molecule has 2 heterocycles. The molecule has 5 nitrogen and oxygen atoms in total. The fourth-order valence-corrected chi connectivity index (χ4v) is 6.93. The minimum Gasteiger partial charge on any atom is -0.380 e. The molecule has 6 heteroatoms. The maximum atomic E-state index is 12.8. The Kier molecular flexibility index (Phi) is 6.21. The summed E-state index contributed by atoms with van der Waals surface area (Å²) in [6, 6.07) is 10.1. The van der Waals surface area contributed by atoms with E-state index in [1.165, 1.54) is 5.56 Å². The van der Waals surface area contributed by atoms with Crippen LogP contribution >= 0.6 is 0 Å². The summed E-state index contributed by atoms with van der Waals surface area (Å²) >= 11 is 0. The summed E-state index contributed by atoms with van der Waals surface area (Å²) in [6.07, 6.45) is 4.78. The molecule has 182 valence electrons. The van der Waals surface area contributed by atoms with Crippen LogP contribution in [-0.4, -0.2) is 53.5 Å². The summed E-state index contributed by atoms with van der Waals surface area (Å²) < 4.78 is 24.4. The molecule has 4 rings (SSSR count). The molecule has 2 aromatic rings. The first-order chi connectivity index (χ1) is 15.8. The van der Waals surface area contributed by atoms with Crippen molar-refractivity contribution in [1.29, 1.82) is 0 Å². The summed E-state index contributed by atoms with van der Waals surface area (Å²) in [4.78, 5) is 6.59. The molecule has 34 heavy (non-hydrogen) atoms. The van der Waals surface area contributed by atoms with Crippen LogP contribution in [0.1, 0.15) is 75.6 Å². The summed E-state index contributed by atoms with van der Waals surface area (Å²) in [6.45, 7) is 11.2. The molecular formula is C28H36N2O3S. The molecule has 1 aliphatic heterocycles. The molecule has 0 spiro atoms. The van der Waals surface area contributed by atoms with Crippen molar-refractivity contribution in [2.24, 2.45) is 5.41 Å². The third-order valence-electron chi connectivity index (χ3n) is 7.44. The Hall–Kier alpha value is -2.20. The van der Waals surface area contributed by atoms with Crippen LogP contribution in [-0.2, 0) is 15.4 Å². The lowest BCUT2D eigenvalue weighted by Crippen LogP contribution is -2.63. The van der Waals surface area contributed by atoms with Crippen molar-refractivity contribution in [3.8, 4) is 11.8 Å². The van der Waals surface area contributed by atoms with E-state index < -0.39 is 25.6 Å². The Bertz CT molecular complexity index is 1230. The molecule has 0 unspecified atom stereocenters. The number of nitrogens with zero attached hydrogens (tertiary/aromatic N) is 2. The van der Waals surface area contributed by atoms with Crippen LogP contribution in [0.4, 0.5) is 0 Å². The van der Waals surface area contributed by atoms with Gasteiger partial charge in [0.25, 0.3) is 0 Å². The van der Waals surface area contributed by atoms with Gasteiger partial charge in [0.05, 0.1) is 5.25 Å². The number of benzene rings is 1. The van der Waals surface area contributed by atoms with Crippen molar-refractivity contribution in [2.75, 3.05) is 20.1 Å². The van der Waals surface area contributed by atoms with E-state index in [4.69, 9.17) is 0 Å². The Morgan fingerprint density at radius 2 is 1.74 bits per heavy atom. The van der Waals surface area contributed by atoms with Gasteiger partial charge in [0.1, 0.15) is 10.3 Å². The second-order valence-electron chi connectivity index (χ2n) is 11.2. The van der Waals surface area contributed by atoms with Crippen molar-refractivity contribution in [1.82, 2.24) is 9.88 Å². The predicted octanol–water partition coefficient (Wildman–Crippen LogP) is 4.10. The number of pyridine rings is 1. The zero-order chi connectivity index (χ0) is 24.9. The van der Waals surface area contributed by atoms with Crippen molar-refractivity contribution < 1.29 is 13.5 Å². The number of aliphatic hydroxyl groups is 1. The molecule has 1 N–H and O–H groups in total. The van der Waals surface area contributed by atoms with Gasteiger partial charge >= 0.3 is 0 Å². The lowest BCUT2D eigenvalue weighted by molar-refractivity contribution is -0.127. The first-order valence-electron chi connectivity index (χ1n) is 12.0. The number of aromatic nitrogens is 1. The molecule has 1 aromatic heterocycles. The van der Waals surface area contributed by atoms with Gasteiger partial charge in [-0.15, -0.1) is 0 Å². The average molecular weight is 481 g/mol. The van der Waals surface area contributed by atoms with Gasteiger partial charge in [0, 0.05) is 42.0 Å². The molecule has 1 aliphatic carbocycles. The predicted molar refractivity (Wildman–Crippen MR) is 136 cm³/mol. The van der Waals surface area contributed by atoms with Crippen LogP contribution < -0.4 is 0 Å². The van der Waals surface area contributed by atoms with Gasteiger partial charge in [-0.05, 0) is 56.8 Å². The van der Waals surface area contributed by atoms with Crippen molar-refractivity contribution in [2.45, 2.75) is 69.0 Å². The van der Waals surface area contributed by atoms with E-state index in [9.17, 15) is 13.5 Å². The zero-order valence-corrected chi connectivity index (χ0v) is 21.9. The highest BCUT2D eigenvalue weighted by Crippen LogP contribution is 2.50. The molecule has 2 fully saturated rings. The largest absolute Gasteiger partial charge is 0.380 e. The Balaban J connectivity index is 1.75. The van der Waals surface area contributed by atoms with Crippen LogP contribution in [0.25, 0.3) is 0 Å². The van der Waals surface area contributed by atoms with E-state index in [1.807, 2.05) is 25.2 Å². The number of rotatable bonds is 6. The molecule has 0 radical (unpaired) electrons. The second kappa shape index (κ2) is 8.48. The van der Waals surface area contributed by atoms with E-state index in [2.05, 4.69) is 54.6 Å². The van der Waals surface area contributed by atoms with Gasteiger partial charge in [-0.25, -0.2) is 8.42 Å². The molecular weight excluding hydrogens is 444 g/mol. The number of likely N-dealkylation sites (tertiary alicyclic amines) is 1.